The Balaban J connectivity index is 1.50. The van der Waals surface area contributed by atoms with Crippen LogP contribution < -0.4 is 15.4 Å². The van der Waals surface area contributed by atoms with Crippen LogP contribution in [-0.4, -0.2) is 7.11 Å². The fourth-order valence-corrected chi connectivity index (χ4v) is 3.99. The molecule has 3 nitrogen and oxygen atoms in total. The molecular weight excluding hydrogens is 416 g/mol. The van der Waals surface area contributed by atoms with Crippen molar-refractivity contribution < 1.29 is 4.74 Å². The van der Waals surface area contributed by atoms with E-state index in [0.29, 0.717) is 0 Å². The van der Waals surface area contributed by atoms with Crippen LogP contribution in [0.25, 0.3) is 22.3 Å². The Bertz CT molecular complexity index is 1350. The summed E-state index contributed by atoms with van der Waals surface area (Å²) in [6.45, 7) is 0. The van der Waals surface area contributed by atoms with Gasteiger partial charge in [-0.25, -0.2) is 0 Å². The first-order valence-electron chi connectivity index (χ1n) is 11.3. The minimum Gasteiger partial charge on any atom is -0.497 e. The summed E-state index contributed by atoms with van der Waals surface area (Å²) in [6, 6.07) is 43.7. The molecule has 0 heterocycles. The van der Waals surface area contributed by atoms with Gasteiger partial charge in [0.15, 0.2) is 0 Å². The van der Waals surface area contributed by atoms with Crippen molar-refractivity contribution in [2.75, 3.05) is 17.7 Å². The number of benzene rings is 5. The monoisotopic (exact) mass is 442 g/mol. The van der Waals surface area contributed by atoms with Gasteiger partial charge in [-0.2, -0.15) is 0 Å². The SMILES string of the molecule is COc1ccc(-c2cc(Nc3ccccc3)ccc2-c2ccc(Nc3ccccc3)cc2)cc1. The number of nitrogens with one attached hydrogen (secondary N) is 2. The molecule has 0 saturated heterocycles. The summed E-state index contributed by atoms with van der Waals surface area (Å²) in [5.74, 6) is 0.847. The first kappa shape index (κ1) is 21.4. The van der Waals surface area contributed by atoms with Gasteiger partial charge in [-0.3, -0.25) is 0 Å². The first-order chi connectivity index (χ1) is 16.8. The second kappa shape index (κ2) is 9.97. The van der Waals surface area contributed by atoms with Gasteiger partial charge < -0.3 is 15.4 Å². The highest BCUT2D eigenvalue weighted by Crippen LogP contribution is 2.36. The van der Waals surface area contributed by atoms with Gasteiger partial charge in [0.2, 0.25) is 0 Å². The van der Waals surface area contributed by atoms with Gasteiger partial charge in [-0.1, -0.05) is 66.7 Å². The third kappa shape index (κ3) is 4.94. The maximum atomic E-state index is 5.37. The average Bonchev–Trinajstić information content (AvgIpc) is 2.90. The molecular formula is C31H26N2O. The van der Waals surface area contributed by atoms with Crippen molar-refractivity contribution in [1.29, 1.82) is 0 Å². The summed E-state index contributed by atoms with van der Waals surface area (Å²) in [5.41, 5.74) is 8.88. The highest BCUT2D eigenvalue weighted by atomic mass is 16.5. The van der Waals surface area contributed by atoms with E-state index in [4.69, 9.17) is 4.74 Å². The zero-order valence-electron chi connectivity index (χ0n) is 19.0. The van der Waals surface area contributed by atoms with Crippen LogP contribution >= 0.6 is 0 Å². The van der Waals surface area contributed by atoms with Crippen molar-refractivity contribution in [3.8, 4) is 28.0 Å². The third-order valence-corrected chi connectivity index (χ3v) is 5.74. The lowest BCUT2D eigenvalue weighted by molar-refractivity contribution is 0.415. The van der Waals surface area contributed by atoms with E-state index in [-0.39, 0.29) is 0 Å². The molecule has 0 aliphatic heterocycles. The van der Waals surface area contributed by atoms with E-state index >= 15 is 0 Å². The molecule has 0 radical (unpaired) electrons. The largest absolute Gasteiger partial charge is 0.497 e. The van der Waals surface area contributed by atoms with Gasteiger partial charge >= 0.3 is 0 Å². The first-order valence-corrected chi connectivity index (χ1v) is 11.3. The third-order valence-electron chi connectivity index (χ3n) is 5.74. The van der Waals surface area contributed by atoms with E-state index < -0.39 is 0 Å². The van der Waals surface area contributed by atoms with Crippen LogP contribution in [0.15, 0.2) is 127 Å². The predicted octanol–water partition coefficient (Wildman–Crippen LogP) is 8.52. The molecule has 0 atom stereocenters. The van der Waals surface area contributed by atoms with Crippen LogP contribution in [0.1, 0.15) is 0 Å². The summed E-state index contributed by atoms with van der Waals surface area (Å²) in [6.07, 6.45) is 0. The summed E-state index contributed by atoms with van der Waals surface area (Å²) >= 11 is 0. The fraction of sp³-hybridized carbons (Fsp3) is 0.0323. The van der Waals surface area contributed by atoms with E-state index in [1.54, 1.807) is 7.11 Å². The van der Waals surface area contributed by atoms with Crippen LogP contribution in [0.2, 0.25) is 0 Å². The molecule has 5 aromatic carbocycles. The molecule has 0 bridgehead atoms. The van der Waals surface area contributed by atoms with Crippen molar-refractivity contribution in [3.63, 3.8) is 0 Å². The Morgan fingerprint density at radius 2 is 0.912 bits per heavy atom. The van der Waals surface area contributed by atoms with Crippen LogP contribution in [0.5, 0.6) is 5.75 Å². The highest BCUT2D eigenvalue weighted by Gasteiger charge is 2.10. The van der Waals surface area contributed by atoms with Crippen LogP contribution in [0.4, 0.5) is 22.7 Å². The van der Waals surface area contributed by atoms with E-state index in [1.807, 2.05) is 48.5 Å². The minimum atomic E-state index is 0.847. The van der Waals surface area contributed by atoms with Crippen LogP contribution in [0, 0.1) is 0 Å². The molecule has 0 aliphatic carbocycles. The van der Waals surface area contributed by atoms with Gasteiger partial charge in [-0.05, 0) is 82.9 Å². The maximum absolute atomic E-state index is 5.37. The number of ether oxygens (including phenoxy) is 1. The zero-order valence-corrected chi connectivity index (χ0v) is 19.0. The maximum Gasteiger partial charge on any atom is 0.118 e. The quantitative estimate of drug-likeness (QED) is 0.265. The van der Waals surface area contributed by atoms with Crippen LogP contribution in [0.3, 0.4) is 0 Å². The number of para-hydroxylation sites is 2. The van der Waals surface area contributed by atoms with Gasteiger partial charge in [0.05, 0.1) is 7.11 Å². The Kier molecular flexibility index (Phi) is 6.26. The normalized spacial score (nSPS) is 10.5. The summed E-state index contributed by atoms with van der Waals surface area (Å²) in [5, 5.41) is 6.97. The lowest BCUT2D eigenvalue weighted by Crippen LogP contribution is -1.93. The topological polar surface area (TPSA) is 33.3 Å². The Morgan fingerprint density at radius 1 is 0.441 bits per heavy atom. The van der Waals surface area contributed by atoms with Gasteiger partial charge in [0.25, 0.3) is 0 Å². The lowest BCUT2D eigenvalue weighted by Gasteiger charge is -2.15. The molecule has 3 heteroatoms. The van der Waals surface area contributed by atoms with Gasteiger partial charge in [-0.15, -0.1) is 0 Å². The van der Waals surface area contributed by atoms with E-state index in [0.717, 1.165) is 45.2 Å². The van der Waals surface area contributed by atoms with Gasteiger partial charge in [0, 0.05) is 22.7 Å². The van der Waals surface area contributed by atoms with Crippen LogP contribution in [-0.2, 0) is 0 Å². The second-order valence-electron chi connectivity index (χ2n) is 8.05. The number of rotatable bonds is 7. The second-order valence-corrected chi connectivity index (χ2v) is 8.05. The highest BCUT2D eigenvalue weighted by molar-refractivity contribution is 5.87. The molecule has 0 aliphatic rings. The number of methoxy groups -OCH3 is 1. The Labute approximate surface area is 200 Å². The Morgan fingerprint density at radius 3 is 1.50 bits per heavy atom. The van der Waals surface area contributed by atoms with Crippen molar-refractivity contribution in [2.45, 2.75) is 0 Å². The Hall–Kier alpha value is -4.50. The lowest BCUT2D eigenvalue weighted by atomic mass is 9.93. The molecule has 5 rings (SSSR count). The van der Waals surface area contributed by atoms with Crippen molar-refractivity contribution in [1.82, 2.24) is 0 Å². The van der Waals surface area contributed by atoms with E-state index in [2.05, 4.69) is 89.5 Å². The molecule has 0 unspecified atom stereocenters. The molecule has 0 fully saturated rings. The number of hydrogen-bond acceptors (Lipinski definition) is 3. The molecule has 0 amide bonds. The van der Waals surface area contributed by atoms with Crippen molar-refractivity contribution in [3.05, 3.63) is 127 Å². The summed E-state index contributed by atoms with van der Waals surface area (Å²) < 4.78 is 5.37. The van der Waals surface area contributed by atoms with Crippen molar-refractivity contribution in [2.24, 2.45) is 0 Å². The molecule has 34 heavy (non-hydrogen) atoms. The van der Waals surface area contributed by atoms with E-state index in [9.17, 15) is 0 Å². The predicted molar refractivity (Wildman–Crippen MR) is 143 cm³/mol. The fourth-order valence-electron chi connectivity index (χ4n) is 3.99. The molecule has 5 aromatic rings. The van der Waals surface area contributed by atoms with Gasteiger partial charge in [0.1, 0.15) is 5.75 Å². The average molecular weight is 443 g/mol. The smallest absolute Gasteiger partial charge is 0.118 e. The molecule has 0 aromatic heterocycles. The number of anilines is 4. The number of hydrogen-bond donors (Lipinski definition) is 2. The van der Waals surface area contributed by atoms with E-state index in [1.165, 1.54) is 5.56 Å². The zero-order chi connectivity index (χ0) is 23.2. The minimum absolute atomic E-state index is 0.847. The van der Waals surface area contributed by atoms with Crippen molar-refractivity contribution >= 4 is 22.7 Å². The summed E-state index contributed by atoms with van der Waals surface area (Å²) in [4.78, 5) is 0. The molecule has 0 saturated carbocycles. The summed E-state index contributed by atoms with van der Waals surface area (Å²) in [7, 11) is 1.69. The molecule has 2 N–H and O–H groups in total. The molecule has 166 valence electrons. The molecule has 0 spiro atoms. The standard InChI is InChI=1S/C31H26N2O/c1-34-29-19-14-24(15-20-29)31-22-28(33-26-10-6-3-7-11-26)18-21-30(31)23-12-16-27(17-13-23)32-25-8-4-2-5-9-25/h2-22,32-33H,1H3.